The Balaban J connectivity index is 1.58. The van der Waals surface area contributed by atoms with E-state index in [4.69, 9.17) is 9.47 Å². The summed E-state index contributed by atoms with van der Waals surface area (Å²) in [6, 6.07) is 20.9. The third-order valence-electron chi connectivity index (χ3n) is 5.37. The van der Waals surface area contributed by atoms with Crippen LogP contribution in [0.4, 0.5) is 0 Å². The SMILES string of the molecule is CC1[C@@H](C)[C@@H](C)C(COCc2ccccc2)O[C@H]1Sc1ccccc1. The molecule has 0 aliphatic carbocycles. The summed E-state index contributed by atoms with van der Waals surface area (Å²) >= 11 is 1.83. The molecule has 1 aliphatic heterocycles. The van der Waals surface area contributed by atoms with E-state index in [-0.39, 0.29) is 11.5 Å². The van der Waals surface area contributed by atoms with Crippen molar-refractivity contribution in [1.29, 1.82) is 0 Å². The van der Waals surface area contributed by atoms with Crippen molar-refractivity contribution in [3.8, 4) is 0 Å². The van der Waals surface area contributed by atoms with Gasteiger partial charge in [0.25, 0.3) is 0 Å². The first-order chi connectivity index (χ1) is 12.1. The van der Waals surface area contributed by atoms with Crippen LogP contribution in [0.2, 0.25) is 0 Å². The summed E-state index contributed by atoms with van der Waals surface area (Å²) in [4.78, 5) is 1.27. The summed E-state index contributed by atoms with van der Waals surface area (Å²) in [5.74, 6) is 1.63. The van der Waals surface area contributed by atoms with Crippen LogP contribution in [0, 0.1) is 17.8 Å². The second-order valence-electron chi connectivity index (χ2n) is 7.05. The summed E-state index contributed by atoms with van der Waals surface area (Å²) in [6.07, 6.45) is 0.149. The molecule has 2 aromatic carbocycles. The Bertz CT molecular complexity index is 631. The maximum Gasteiger partial charge on any atom is 0.111 e. The molecule has 25 heavy (non-hydrogen) atoms. The average Bonchev–Trinajstić information content (AvgIpc) is 2.65. The van der Waals surface area contributed by atoms with Gasteiger partial charge in [-0.1, -0.05) is 81.1 Å². The molecule has 2 unspecified atom stereocenters. The Morgan fingerprint density at radius 2 is 1.48 bits per heavy atom. The van der Waals surface area contributed by atoms with Crippen LogP contribution in [0.3, 0.4) is 0 Å². The molecule has 0 bridgehead atoms. The predicted molar refractivity (Wildman–Crippen MR) is 105 cm³/mol. The van der Waals surface area contributed by atoms with Crippen molar-refractivity contribution in [3.05, 3.63) is 66.2 Å². The molecule has 1 fully saturated rings. The van der Waals surface area contributed by atoms with Crippen LogP contribution in [0.5, 0.6) is 0 Å². The van der Waals surface area contributed by atoms with Crippen molar-refractivity contribution in [2.45, 2.75) is 43.8 Å². The van der Waals surface area contributed by atoms with Crippen molar-refractivity contribution in [3.63, 3.8) is 0 Å². The highest BCUT2D eigenvalue weighted by atomic mass is 32.2. The molecule has 3 rings (SSSR count). The molecule has 1 heterocycles. The molecule has 2 nitrogen and oxygen atoms in total. The fourth-order valence-electron chi connectivity index (χ4n) is 3.31. The van der Waals surface area contributed by atoms with E-state index in [2.05, 4.69) is 75.4 Å². The second kappa shape index (κ2) is 8.88. The zero-order valence-electron chi connectivity index (χ0n) is 15.3. The molecule has 2 aromatic rings. The van der Waals surface area contributed by atoms with E-state index in [0.717, 1.165) is 0 Å². The zero-order chi connectivity index (χ0) is 17.6. The first-order valence-corrected chi connectivity index (χ1v) is 10.0. The highest BCUT2D eigenvalue weighted by molar-refractivity contribution is 7.99. The molecule has 1 aliphatic rings. The minimum Gasteiger partial charge on any atom is -0.374 e. The van der Waals surface area contributed by atoms with Gasteiger partial charge in [-0.25, -0.2) is 0 Å². The van der Waals surface area contributed by atoms with Gasteiger partial charge in [0.2, 0.25) is 0 Å². The Kier molecular flexibility index (Phi) is 6.57. The summed E-state index contributed by atoms with van der Waals surface area (Å²) in [6.45, 7) is 8.25. The van der Waals surface area contributed by atoms with Gasteiger partial charge in [0.05, 0.1) is 19.3 Å². The Labute approximate surface area is 155 Å². The van der Waals surface area contributed by atoms with Crippen molar-refractivity contribution >= 4 is 11.8 Å². The Morgan fingerprint density at radius 1 is 0.840 bits per heavy atom. The van der Waals surface area contributed by atoms with E-state index >= 15 is 0 Å². The minimum atomic E-state index is 0.149. The third kappa shape index (κ3) is 4.87. The molecule has 5 atom stereocenters. The lowest BCUT2D eigenvalue weighted by Gasteiger charge is -2.43. The highest BCUT2D eigenvalue weighted by Gasteiger charge is 2.39. The number of benzene rings is 2. The molecular weight excluding hydrogens is 328 g/mol. The van der Waals surface area contributed by atoms with Gasteiger partial charge in [-0.2, -0.15) is 0 Å². The standard InChI is InChI=1S/C22H28O2S/c1-16-17(2)21(15-23-14-19-10-6-4-7-11-19)24-22(18(16)3)25-20-12-8-5-9-13-20/h4-13,16-18,21-22H,14-15H2,1-3H3/t16-,17+,18?,21?,22-/m0/s1. The number of hydrogen-bond acceptors (Lipinski definition) is 3. The largest absolute Gasteiger partial charge is 0.374 e. The van der Waals surface area contributed by atoms with Gasteiger partial charge in [0, 0.05) is 4.90 Å². The van der Waals surface area contributed by atoms with Gasteiger partial charge in [-0.15, -0.1) is 0 Å². The molecule has 3 heteroatoms. The summed E-state index contributed by atoms with van der Waals surface area (Å²) in [5, 5.41) is 0. The highest BCUT2D eigenvalue weighted by Crippen LogP contribution is 2.41. The zero-order valence-corrected chi connectivity index (χ0v) is 16.1. The topological polar surface area (TPSA) is 18.5 Å². The molecule has 0 amide bonds. The maximum atomic E-state index is 6.46. The van der Waals surface area contributed by atoms with Crippen LogP contribution in [-0.4, -0.2) is 18.1 Å². The smallest absolute Gasteiger partial charge is 0.111 e. The first-order valence-electron chi connectivity index (χ1n) is 9.14. The van der Waals surface area contributed by atoms with Crippen LogP contribution in [-0.2, 0) is 16.1 Å². The van der Waals surface area contributed by atoms with Crippen molar-refractivity contribution < 1.29 is 9.47 Å². The quantitative estimate of drug-likeness (QED) is 0.668. The number of ether oxygens (including phenoxy) is 2. The summed E-state index contributed by atoms with van der Waals surface area (Å²) in [5.41, 5.74) is 1.39. The van der Waals surface area contributed by atoms with Crippen molar-refractivity contribution in [2.24, 2.45) is 17.8 Å². The monoisotopic (exact) mass is 356 g/mol. The molecule has 0 saturated carbocycles. The van der Waals surface area contributed by atoms with E-state index in [1.54, 1.807) is 0 Å². The van der Waals surface area contributed by atoms with E-state index in [0.29, 0.717) is 31.0 Å². The molecule has 0 spiro atoms. The van der Waals surface area contributed by atoms with Crippen LogP contribution < -0.4 is 0 Å². The van der Waals surface area contributed by atoms with Gasteiger partial charge in [-0.05, 0) is 35.4 Å². The van der Waals surface area contributed by atoms with Gasteiger partial charge in [0.1, 0.15) is 5.44 Å². The number of thioether (sulfide) groups is 1. The molecule has 0 radical (unpaired) electrons. The van der Waals surface area contributed by atoms with Crippen LogP contribution >= 0.6 is 11.8 Å². The second-order valence-corrected chi connectivity index (χ2v) is 8.22. The third-order valence-corrected chi connectivity index (χ3v) is 6.69. The summed E-state index contributed by atoms with van der Waals surface area (Å²) in [7, 11) is 0. The number of rotatable bonds is 6. The van der Waals surface area contributed by atoms with E-state index in [1.807, 2.05) is 17.8 Å². The van der Waals surface area contributed by atoms with E-state index in [1.165, 1.54) is 10.5 Å². The molecule has 0 N–H and O–H groups in total. The Hall–Kier alpha value is -1.29. The summed E-state index contributed by atoms with van der Waals surface area (Å²) < 4.78 is 12.4. The molecule has 1 saturated heterocycles. The maximum absolute atomic E-state index is 6.46. The first kappa shape index (κ1) is 18.5. The predicted octanol–water partition coefficient (Wildman–Crippen LogP) is 5.63. The van der Waals surface area contributed by atoms with Crippen molar-refractivity contribution in [1.82, 2.24) is 0 Å². The fourth-order valence-corrected chi connectivity index (χ4v) is 4.56. The van der Waals surface area contributed by atoms with Crippen molar-refractivity contribution in [2.75, 3.05) is 6.61 Å². The van der Waals surface area contributed by atoms with Gasteiger partial charge in [0.15, 0.2) is 0 Å². The van der Waals surface area contributed by atoms with Gasteiger partial charge >= 0.3 is 0 Å². The molecular formula is C22H28O2S. The van der Waals surface area contributed by atoms with Crippen LogP contribution in [0.25, 0.3) is 0 Å². The minimum absolute atomic E-state index is 0.149. The molecule has 0 aromatic heterocycles. The van der Waals surface area contributed by atoms with Gasteiger partial charge < -0.3 is 9.47 Å². The lowest BCUT2D eigenvalue weighted by Crippen LogP contribution is -2.45. The average molecular weight is 357 g/mol. The van der Waals surface area contributed by atoms with E-state index < -0.39 is 0 Å². The van der Waals surface area contributed by atoms with Crippen LogP contribution in [0.15, 0.2) is 65.6 Å². The van der Waals surface area contributed by atoms with E-state index in [9.17, 15) is 0 Å². The van der Waals surface area contributed by atoms with Crippen LogP contribution in [0.1, 0.15) is 26.3 Å². The lowest BCUT2D eigenvalue weighted by atomic mass is 9.80. The normalized spacial score (nSPS) is 29.5. The van der Waals surface area contributed by atoms with Gasteiger partial charge in [-0.3, -0.25) is 0 Å². The lowest BCUT2D eigenvalue weighted by molar-refractivity contribution is -0.125. The number of hydrogen-bond donors (Lipinski definition) is 0. The Morgan fingerprint density at radius 3 is 2.16 bits per heavy atom. The molecule has 134 valence electrons. The fraction of sp³-hybridized carbons (Fsp3) is 0.455.